The third kappa shape index (κ3) is 5.40. The highest BCUT2D eigenvalue weighted by molar-refractivity contribution is 5.82. The van der Waals surface area contributed by atoms with Crippen LogP contribution in [0.1, 0.15) is 24.5 Å². The van der Waals surface area contributed by atoms with E-state index in [1.165, 1.54) is 23.0 Å². The minimum atomic E-state index is -0.738. The van der Waals surface area contributed by atoms with Gasteiger partial charge in [-0.2, -0.15) is 0 Å². The van der Waals surface area contributed by atoms with E-state index in [9.17, 15) is 23.6 Å². The van der Waals surface area contributed by atoms with Crippen molar-refractivity contribution in [2.24, 2.45) is 0 Å². The van der Waals surface area contributed by atoms with Gasteiger partial charge in [-0.05, 0) is 36.6 Å². The normalized spacial score (nSPS) is 10.9. The number of imidazole rings is 1. The molecule has 36 heavy (non-hydrogen) atoms. The standard InChI is InChI=1S/C25H25FN6O4/c1-2-30-16-27-23-22(30)24(35)32(25(36)31(23)14-18-6-4-3-5-7-18)15-21(34)29-28-20(33)13-10-17-8-11-19(26)12-9-17/h3-9,11-12,16H,2,10,13-15H2,1H3,(H,28,33)(H,29,34). The topological polar surface area (TPSA) is 120 Å². The van der Waals surface area contributed by atoms with Crippen molar-refractivity contribution in [3.63, 3.8) is 0 Å². The Morgan fingerprint density at radius 2 is 1.61 bits per heavy atom. The molecule has 2 heterocycles. The quantitative estimate of drug-likeness (QED) is 0.360. The molecule has 4 aromatic rings. The van der Waals surface area contributed by atoms with E-state index >= 15 is 0 Å². The van der Waals surface area contributed by atoms with Gasteiger partial charge in [-0.1, -0.05) is 42.5 Å². The van der Waals surface area contributed by atoms with Gasteiger partial charge in [-0.15, -0.1) is 0 Å². The fourth-order valence-corrected chi connectivity index (χ4v) is 3.82. The van der Waals surface area contributed by atoms with E-state index in [2.05, 4.69) is 15.8 Å². The van der Waals surface area contributed by atoms with E-state index in [1.54, 1.807) is 16.7 Å². The largest absolute Gasteiger partial charge is 0.333 e. The first-order chi connectivity index (χ1) is 17.4. The number of aryl methyl sites for hydroxylation is 2. The number of amides is 2. The number of halogens is 1. The fraction of sp³-hybridized carbons (Fsp3) is 0.240. The zero-order valence-electron chi connectivity index (χ0n) is 19.6. The number of hydrazine groups is 1. The Kier molecular flexibility index (Phi) is 7.38. The van der Waals surface area contributed by atoms with Crippen LogP contribution in [0.5, 0.6) is 0 Å². The molecule has 0 aliphatic carbocycles. The maximum atomic E-state index is 13.2. The first kappa shape index (κ1) is 24.6. The summed E-state index contributed by atoms with van der Waals surface area (Å²) in [7, 11) is 0. The van der Waals surface area contributed by atoms with Crippen LogP contribution in [-0.2, 0) is 35.6 Å². The van der Waals surface area contributed by atoms with Gasteiger partial charge in [0.25, 0.3) is 11.5 Å². The fourth-order valence-electron chi connectivity index (χ4n) is 3.82. The average molecular weight is 493 g/mol. The molecule has 0 fully saturated rings. The van der Waals surface area contributed by atoms with E-state index in [-0.39, 0.29) is 29.9 Å². The highest BCUT2D eigenvalue weighted by Crippen LogP contribution is 2.10. The van der Waals surface area contributed by atoms with Crippen molar-refractivity contribution in [1.82, 2.24) is 29.5 Å². The zero-order valence-corrected chi connectivity index (χ0v) is 19.6. The number of aromatic nitrogens is 4. The molecule has 0 saturated heterocycles. The number of carbonyl (C=O) groups is 2. The van der Waals surface area contributed by atoms with Gasteiger partial charge in [0.05, 0.1) is 12.9 Å². The van der Waals surface area contributed by atoms with E-state index in [0.717, 1.165) is 15.7 Å². The maximum absolute atomic E-state index is 13.2. The van der Waals surface area contributed by atoms with Crippen molar-refractivity contribution in [3.05, 3.63) is 98.7 Å². The van der Waals surface area contributed by atoms with Gasteiger partial charge in [-0.3, -0.25) is 29.8 Å². The summed E-state index contributed by atoms with van der Waals surface area (Å²) in [5, 5.41) is 0. The summed E-state index contributed by atoms with van der Waals surface area (Å²) in [5.41, 5.74) is 5.24. The first-order valence-corrected chi connectivity index (χ1v) is 11.4. The summed E-state index contributed by atoms with van der Waals surface area (Å²) in [6, 6.07) is 15.0. The van der Waals surface area contributed by atoms with Gasteiger partial charge in [-0.25, -0.2) is 18.7 Å². The lowest BCUT2D eigenvalue weighted by Crippen LogP contribution is -2.48. The predicted molar refractivity (Wildman–Crippen MR) is 130 cm³/mol. The van der Waals surface area contributed by atoms with Crippen molar-refractivity contribution < 1.29 is 14.0 Å². The third-order valence-electron chi connectivity index (χ3n) is 5.70. The smallest absolute Gasteiger partial charge is 0.325 e. The Bertz CT molecular complexity index is 1510. The van der Waals surface area contributed by atoms with Gasteiger partial charge in [0, 0.05) is 13.0 Å². The molecule has 0 radical (unpaired) electrons. The van der Waals surface area contributed by atoms with E-state index in [4.69, 9.17) is 0 Å². The molecule has 10 nitrogen and oxygen atoms in total. The average Bonchev–Trinajstić information content (AvgIpc) is 3.32. The lowest BCUT2D eigenvalue weighted by molar-refractivity contribution is -0.129. The Morgan fingerprint density at radius 3 is 2.31 bits per heavy atom. The van der Waals surface area contributed by atoms with E-state index in [0.29, 0.717) is 13.0 Å². The summed E-state index contributed by atoms with van der Waals surface area (Å²) in [6.07, 6.45) is 1.89. The molecule has 2 aromatic heterocycles. The molecule has 11 heteroatoms. The lowest BCUT2D eigenvalue weighted by atomic mass is 10.1. The summed E-state index contributed by atoms with van der Waals surface area (Å²) >= 11 is 0. The van der Waals surface area contributed by atoms with Crippen molar-refractivity contribution in [1.29, 1.82) is 0 Å². The SMILES string of the molecule is CCn1cnc2c1c(=O)n(CC(=O)NNC(=O)CCc1ccc(F)cc1)c(=O)n2Cc1ccccc1. The molecule has 0 saturated carbocycles. The molecule has 186 valence electrons. The van der Waals surface area contributed by atoms with Gasteiger partial charge in [0.2, 0.25) is 5.91 Å². The number of benzene rings is 2. The number of carbonyl (C=O) groups excluding carboxylic acids is 2. The van der Waals surface area contributed by atoms with E-state index < -0.39 is 29.6 Å². The molecule has 2 amide bonds. The van der Waals surface area contributed by atoms with Crippen LogP contribution in [0.25, 0.3) is 11.2 Å². The molecule has 0 atom stereocenters. The van der Waals surface area contributed by atoms with Crippen molar-refractivity contribution in [2.45, 2.75) is 39.4 Å². The van der Waals surface area contributed by atoms with Gasteiger partial charge in [0.1, 0.15) is 12.4 Å². The Balaban J connectivity index is 1.50. The van der Waals surface area contributed by atoms with Crippen LogP contribution in [-0.4, -0.2) is 30.5 Å². The summed E-state index contributed by atoms with van der Waals surface area (Å²) in [5.74, 6) is -1.58. The number of nitrogens with one attached hydrogen (secondary N) is 2. The predicted octanol–water partition coefficient (Wildman–Crippen LogP) is 1.35. The zero-order chi connectivity index (χ0) is 25.7. The Morgan fingerprint density at radius 1 is 0.917 bits per heavy atom. The third-order valence-corrected chi connectivity index (χ3v) is 5.70. The van der Waals surface area contributed by atoms with Crippen LogP contribution in [0.15, 0.2) is 70.5 Å². The summed E-state index contributed by atoms with van der Waals surface area (Å²) in [6.45, 7) is 1.87. The molecular formula is C25H25FN6O4. The number of nitrogens with zero attached hydrogens (tertiary/aromatic N) is 4. The molecule has 0 aliphatic rings. The first-order valence-electron chi connectivity index (χ1n) is 11.4. The molecule has 4 rings (SSSR count). The van der Waals surface area contributed by atoms with Crippen LogP contribution in [0.4, 0.5) is 4.39 Å². The molecule has 2 aromatic carbocycles. The Labute approximate surface area is 205 Å². The second kappa shape index (κ2) is 10.8. The summed E-state index contributed by atoms with van der Waals surface area (Å²) < 4.78 is 16.8. The molecule has 0 unspecified atom stereocenters. The number of rotatable bonds is 8. The number of hydrogen-bond donors (Lipinski definition) is 2. The van der Waals surface area contributed by atoms with Crippen LogP contribution in [0.2, 0.25) is 0 Å². The highest BCUT2D eigenvalue weighted by Gasteiger charge is 2.19. The minimum absolute atomic E-state index is 0.0530. The molecular weight excluding hydrogens is 467 g/mol. The van der Waals surface area contributed by atoms with Crippen molar-refractivity contribution >= 4 is 23.0 Å². The van der Waals surface area contributed by atoms with Gasteiger partial charge in [0.15, 0.2) is 11.2 Å². The number of hydrogen-bond acceptors (Lipinski definition) is 5. The van der Waals surface area contributed by atoms with E-state index in [1.807, 2.05) is 37.3 Å². The van der Waals surface area contributed by atoms with Crippen LogP contribution in [0, 0.1) is 5.82 Å². The van der Waals surface area contributed by atoms with Gasteiger partial charge >= 0.3 is 5.69 Å². The van der Waals surface area contributed by atoms with Crippen molar-refractivity contribution in [2.75, 3.05) is 0 Å². The molecule has 0 aliphatic heterocycles. The monoisotopic (exact) mass is 492 g/mol. The minimum Gasteiger partial charge on any atom is -0.325 e. The van der Waals surface area contributed by atoms with Crippen LogP contribution in [0.3, 0.4) is 0 Å². The Hall–Kier alpha value is -4.54. The summed E-state index contributed by atoms with van der Waals surface area (Å²) in [4.78, 5) is 55.3. The second-order valence-electron chi connectivity index (χ2n) is 8.17. The van der Waals surface area contributed by atoms with Crippen LogP contribution >= 0.6 is 0 Å². The lowest BCUT2D eigenvalue weighted by Gasteiger charge is -2.13. The number of fused-ring (bicyclic) bond motifs is 1. The molecule has 2 N–H and O–H groups in total. The van der Waals surface area contributed by atoms with Crippen LogP contribution < -0.4 is 22.1 Å². The highest BCUT2D eigenvalue weighted by atomic mass is 19.1. The maximum Gasteiger partial charge on any atom is 0.333 e. The molecule has 0 bridgehead atoms. The van der Waals surface area contributed by atoms with Crippen molar-refractivity contribution in [3.8, 4) is 0 Å². The second-order valence-corrected chi connectivity index (χ2v) is 8.17. The molecule has 0 spiro atoms. The van der Waals surface area contributed by atoms with Gasteiger partial charge < -0.3 is 4.57 Å².